The molecule has 36 heavy (non-hydrogen) atoms. The second-order valence-electron chi connectivity index (χ2n) is 8.73. The molecule has 0 unspecified atom stereocenters. The topological polar surface area (TPSA) is 107 Å². The zero-order chi connectivity index (χ0) is 26.0. The molecule has 0 atom stereocenters. The fourth-order valence-electron chi connectivity index (χ4n) is 3.60. The lowest BCUT2D eigenvalue weighted by Crippen LogP contribution is -2.16. The Labute approximate surface area is 205 Å². The van der Waals surface area contributed by atoms with Crippen molar-refractivity contribution < 1.29 is 23.0 Å². The highest BCUT2D eigenvalue weighted by atomic mass is 19.3. The van der Waals surface area contributed by atoms with Crippen molar-refractivity contribution in [3.63, 3.8) is 0 Å². The van der Waals surface area contributed by atoms with Crippen LogP contribution in [0.3, 0.4) is 0 Å². The molecule has 10 heteroatoms. The fourth-order valence-corrected chi connectivity index (χ4v) is 3.60. The van der Waals surface area contributed by atoms with Gasteiger partial charge in [0.05, 0.1) is 22.6 Å². The van der Waals surface area contributed by atoms with Gasteiger partial charge in [0, 0.05) is 23.0 Å². The molecule has 7 nitrogen and oxygen atoms in total. The molecule has 4 aromatic rings. The van der Waals surface area contributed by atoms with Crippen LogP contribution in [0, 0.1) is 12.7 Å². The largest absolute Gasteiger partial charge is 0.471 e. The Bertz CT molecular complexity index is 1370. The molecule has 0 aliphatic carbocycles. The maximum Gasteiger partial charge on any atom is 0.280 e. The lowest BCUT2D eigenvalue weighted by molar-refractivity contribution is 0.0781. The summed E-state index contributed by atoms with van der Waals surface area (Å²) < 4.78 is 46.7. The first-order chi connectivity index (χ1) is 17.0. The number of rotatable bonds is 7. The minimum absolute atomic E-state index is 0.0236. The van der Waals surface area contributed by atoms with Crippen LogP contribution in [0.15, 0.2) is 54.7 Å². The molecule has 0 saturated heterocycles. The van der Waals surface area contributed by atoms with E-state index in [4.69, 9.17) is 10.5 Å². The van der Waals surface area contributed by atoms with Crippen LogP contribution in [0.4, 0.5) is 19.1 Å². The molecule has 0 spiro atoms. The molecule has 0 amide bonds. The molecule has 0 aliphatic heterocycles. The lowest BCUT2D eigenvalue weighted by Gasteiger charge is -2.18. The molecule has 4 rings (SSSR count). The molecule has 0 radical (unpaired) electrons. The molecule has 186 valence electrons. The van der Waals surface area contributed by atoms with Crippen LogP contribution >= 0.6 is 0 Å². The fraction of sp³-hybridized carbons (Fsp3) is 0.231. The van der Waals surface area contributed by atoms with Gasteiger partial charge >= 0.3 is 0 Å². The average Bonchev–Trinajstić information content (AvgIpc) is 2.82. The third-order valence-corrected chi connectivity index (χ3v) is 5.38. The Kier molecular flexibility index (Phi) is 6.89. The Morgan fingerprint density at radius 2 is 1.72 bits per heavy atom. The van der Waals surface area contributed by atoms with Gasteiger partial charge in [0.25, 0.3) is 6.43 Å². The molecule has 3 aromatic heterocycles. The maximum atomic E-state index is 13.6. The van der Waals surface area contributed by atoms with E-state index in [-0.39, 0.29) is 24.1 Å². The van der Waals surface area contributed by atoms with Crippen molar-refractivity contribution >= 4 is 5.95 Å². The second-order valence-corrected chi connectivity index (χ2v) is 8.73. The van der Waals surface area contributed by atoms with Gasteiger partial charge in [-0.15, -0.1) is 0 Å². The first kappa shape index (κ1) is 25.1. The highest BCUT2D eigenvalue weighted by molar-refractivity contribution is 5.85. The molecular formula is C26H24F3N5O2. The number of alkyl halides is 2. The summed E-state index contributed by atoms with van der Waals surface area (Å²) in [5, 5.41) is 10.1. The standard InChI is InChI=1S/C26H24F3N5O2/c1-14-10-16(11-20(32-14)23(28)29)21-22(15-4-7-18(27)8-5-15)33-25(30)34-24(21)36-13-19-9-6-17(12-31-19)26(2,3)35/h4-12,23,35H,13H2,1-3H3,(H2,30,33,34). The predicted molar refractivity (Wildman–Crippen MR) is 129 cm³/mol. The summed E-state index contributed by atoms with van der Waals surface area (Å²) in [5.41, 5.74) is 7.45. The van der Waals surface area contributed by atoms with E-state index < -0.39 is 23.5 Å². The SMILES string of the molecule is Cc1cc(-c2c(OCc3ccc(C(C)(C)O)cn3)nc(N)nc2-c2ccc(F)cc2)cc(C(F)F)n1. The van der Waals surface area contributed by atoms with Crippen molar-refractivity contribution in [2.45, 2.75) is 39.4 Å². The number of ether oxygens (including phenoxy) is 1. The van der Waals surface area contributed by atoms with Crippen molar-refractivity contribution in [3.8, 4) is 28.3 Å². The van der Waals surface area contributed by atoms with E-state index in [0.29, 0.717) is 33.6 Å². The van der Waals surface area contributed by atoms with Gasteiger partial charge in [-0.1, -0.05) is 6.07 Å². The number of pyridine rings is 2. The van der Waals surface area contributed by atoms with E-state index in [0.717, 1.165) is 0 Å². The van der Waals surface area contributed by atoms with Crippen molar-refractivity contribution in [2.24, 2.45) is 0 Å². The predicted octanol–water partition coefficient (Wildman–Crippen LogP) is 5.37. The number of halogens is 3. The van der Waals surface area contributed by atoms with E-state index in [1.165, 1.54) is 30.3 Å². The number of anilines is 1. The highest BCUT2D eigenvalue weighted by Gasteiger charge is 2.22. The lowest BCUT2D eigenvalue weighted by atomic mass is 9.99. The minimum atomic E-state index is -2.80. The number of aromatic nitrogens is 4. The van der Waals surface area contributed by atoms with Crippen LogP contribution in [0.1, 0.15) is 42.9 Å². The summed E-state index contributed by atoms with van der Waals surface area (Å²) in [5.74, 6) is -0.515. The van der Waals surface area contributed by atoms with Gasteiger partial charge in [0.2, 0.25) is 11.8 Å². The molecular weight excluding hydrogens is 471 g/mol. The molecule has 0 fully saturated rings. The van der Waals surface area contributed by atoms with Gasteiger partial charge in [0.1, 0.15) is 18.1 Å². The monoisotopic (exact) mass is 495 g/mol. The van der Waals surface area contributed by atoms with Gasteiger partial charge < -0.3 is 15.6 Å². The molecule has 0 saturated carbocycles. The minimum Gasteiger partial charge on any atom is -0.471 e. The number of nitrogen functional groups attached to an aromatic ring is 1. The van der Waals surface area contributed by atoms with Crippen LogP contribution in [0.5, 0.6) is 5.88 Å². The number of hydrogen-bond donors (Lipinski definition) is 2. The van der Waals surface area contributed by atoms with Crippen LogP contribution in [0.25, 0.3) is 22.4 Å². The summed E-state index contributed by atoms with van der Waals surface area (Å²) in [4.78, 5) is 16.8. The quantitative estimate of drug-likeness (QED) is 0.355. The van der Waals surface area contributed by atoms with Gasteiger partial charge in [-0.05, 0) is 68.8 Å². The Balaban J connectivity index is 1.82. The highest BCUT2D eigenvalue weighted by Crippen LogP contribution is 2.39. The zero-order valence-corrected chi connectivity index (χ0v) is 19.8. The van der Waals surface area contributed by atoms with E-state index in [1.54, 1.807) is 45.2 Å². The Hall–Kier alpha value is -4.05. The van der Waals surface area contributed by atoms with Gasteiger partial charge in [-0.3, -0.25) is 9.97 Å². The van der Waals surface area contributed by atoms with Crippen molar-refractivity contribution in [3.05, 3.63) is 83.2 Å². The summed E-state index contributed by atoms with van der Waals surface area (Å²) in [6.07, 6.45) is -1.26. The smallest absolute Gasteiger partial charge is 0.280 e. The number of benzene rings is 1. The number of aryl methyl sites for hydroxylation is 1. The normalized spacial score (nSPS) is 11.7. The third-order valence-electron chi connectivity index (χ3n) is 5.38. The number of nitrogens with two attached hydrogens (primary N) is 1. The maximum absolute atomic E-state index is 13.6. The Morgan fingerprint density at radius 1 is 1.00 bits per heavy atom. The van der Waals surface area contributed by atoms with Crippen molar-refractivity contribution in [1.82, 2.24) is 19.9 Å². The third kappa shape index (κ3) is 5.60. The van der Waals surface area contributed by atoms with E-state index in [2.05, 4.69) is 19.9 Å². The average molecular weight is 496 g/mol. The van der Waals surface area contributed by atoms with Crippen LogP contribution in [-0.2, 0) is 12.2 Å². The number of nitrogens with zero attached hydrogens (tertiary/aromatic N) is 4. The molecule has 1 aromatic carbocycles. The summed E-state index contributed by atoms with van der Waals surface area (Å²) in [7, 11) is 0. The van der Waals surface area contributed by atoms with Crippen LogP contribution in [-0.4, -0.2) is 25.0 Å². The van der Waals surface area contributed by atoms with Gasteiger partial charge in [-0.25, -0.2) is 18.2 Å². The van der Waals surface area contributed by atoms with Crippen molar-refractivity contribution in [2.75, 3.05) is 5.73 Å². The first-order valence-corrected chi connectivity index (χ1v) is 11.0. The van der Waals surface area contributed by atoms with E-state index in [1.807, 2.05) is 0 Å². The molecule has 0 bridgehead atoms. The zero-order valence-electron chi connectivity index (χ0n) is 19.8. The number of hydrogen-bond acceptors (Lipinski definition) is 7. The van der Waals surface area contributed by atoms with Crippen LogP contribution < -0.4 is 10.5 Å². The summed E-state index contributed by atoms with van der Waals surface area (Å²) >= 11 is 0. The molecule has 3 heterocycles. The van der Waals surface area contributed by atoms with E-state index in [9.17, 15) is 18.3 Å². The van der Waals surface area contributed by atoms with E-state index >= 15 is 0 Å². The van der Waals surface area contributed by atoms with Gasteiger partial charge in [0.15, 0.2) is 0 Å². The van der Waals surface area contributed by atoms with Crippen LogP contribution in [0.2, 0.25) is 0 Å². The summed E-state index contributed by atoms with van der Waals surface area (Å²) in [6.45, 7) is 4.87. The van der Waals surface area contributed by atoms with Gasteiger partial charge in [-0.2, -0.15) is 4.98 Å². The van der Waals surface area contributed by atoms with Crippen molar-refractivity contribution in [1.29, 1.82) is 0 Å². The summed E-state index contributed by atoms with van der Waals surface area (Å²) in [6, 6.07) is 11.8. The second kappa shape index (κ2) is 9.90. The number of aliphatic hydroxyl groups is 1. The first-order valence-electron chi connectivity index (χ1n) is 11.0. The molecule has 0 aliphatic rings. The molecule has 3 N–H and O–H groups in total. The Morgan fingerprint density at radius 3 is 2.33 bits per heavy atom.